The van der Waals surface area contributed by atoms with Crippen molar-refractivity contribution >= 4 is 34.2 Å². The summed E-state index contributed by atoms with van der Waals surface area (Å²) in [6.07, 6.45) is 5.70. The zero-order chi connectivity index (χ0) is 31.7. The maximum absolute atomic E-state index is 14.9. The Balaban J connectivity index is 0.926. The molecular weight excluding hydrogens is 637 g/mol. The van der Waals surface area contributed by atoms with Crippen LogP contribution in [0, 0.1) is 5.82 Å². The number of ether oxygens (including phenoxy) is 3. The molecule has 3 fully saturated rings. The van der Waals surface area contributed by atoms with Crippen LogP contribution in [0.1, 0.15) is 72.8 Å². The van der Waals surface area contributed by atoms with Gasteiger partial charge in [0.2, 0.25) is 0 Å². The van der Waals surface area contributed by atoms with Gasteiger partial charge in [-0.2, -0.15) is 4.37 Å². The van der Waals surface area contributed by atoms with Gasteiger partial charge < -0.3 is 18.8 Å². The van der Waals surface area contributed by atoms with Crippen molar-refractivity contribution in [3.05, 3.63) is 87.4 Å². The van der Waals surface area contributed by atoms with Crippen molar-refractivity contribution in [3.8, 4) is 22.9 Å². The monoisotopic (exact) mass is 671 g/mol. The third-order valence-corrected chi connectivity index (χ3v) is 11.2. The van der Waals surface area contributed by atoms with E-state index in [0.717, 1.165) is 90.9 Å². The third-order valence-electron chi connectivity index (χ3n) is 10.1. The summed E-state index contributed by atoms with van der Waals surface area (Å²) in [6, 6.07) is 17.0. The summed E-state index contributed by atoms with van der Waals surface area (Å²) in [5.74, 6) is 2.42. The largest absolute Gasteiger partial charge is 0.444 e. The van der Waals surface area contributed by atoms with Crippen LogP contribution in [0.5, 0.6) is 11.5 Å². The number of para-hydroxylation sites is 1. The summed E-state index contributed by atoms with van der Waals surface area (Å²) in [7, 11) is 0. The topological polar surface area (TPSA) is 74.5 Å². The molecule has 47 heavy (non-hydrogen) atoms. The number of fused-ring (bicyclic) bond motifs is 2. The first kappa shape index (κ1) is 29.6. The maximum atomic E-state index is 14.9. The van der Waals surface area contributed by atoms with Gasteiger partial charge in [-0.3, -0.25) is 4.90 Å². The van der Waals surface area contributed by atoms with Gasteiger partial charge in [-0.15, -0.1) is 0 Å². The Morgan fingerprint density at radius 3 is 2.60 bits per heavy atom. The van der Waals surface area contributed by atoms with E-state index in [2.05, 4.69) is 38.1 Å². The number of rotatable bonds is 8. The molecule has 0 spiro atoms. The standard InChI is InChI=1S/C36H35ClFN5O3S/c1-36(27-9-8-24(37)18-28(27)38)45-31-4-2-3-26(33(31)46-36)21-11-14-42(15-12-21)20-32-39-29-17-23(34-40-35(47-41-34)22-5-6-22)7-10-30(29)43(32)19-25-13-16-44-25/h2-4,7-10,17-18,21-22,25H,5-6,11-16,19-20H2,1H3/t25-,36?/m0/s1. The normalized spacial score (nSPS) is 23.0. The summed E-state index contributed by atoms with van der Waals surface area (Å²) < 4.78 is 40.4. The first-order chi connectivity index (χ1) is 22.9. The average molecular weight is 672 g/mol. The lowest BCUT2D eigenvalue weighted by molar-refractivity contribution is -0.0712. The highest BCUT2D eigenvalue weighted by Crippen LogP contribution is 2.50. The Labute approximate surface area is 281 Å². The first-order valence-corrected chi connectivity index (χ1v) is 17.7. The van der Waals surface area contributed by atoms with Crippen molar-refractivity contribution in [1.29, 1.82) is 0 Å². The highest BCUT2D eigenvalue weighted by Gasteiger charge is 2.43. The minimum atomic E-state index is -1.26. The van der Waals surface area contributed by atoms with E-state index in [1.807, 2.05) is 12.1 Å². The molecule has 9 rings (SSSR count). The highest BCUT2D eigenvalue weighted by molar-refractivity contribution is 7.05. The van der Waals surface area contributed by atoms with E-state index < -0.39 is 11.6 Å². The Kier molecular flexibility index (Phi) is 7.26. The second-order valence-electron chi connectivity index (χ2n) is 13.4. The van der Waals surface area contributed by atoms with E-state index in [9.17, 15) is 4.39 Å². The number of benzene rings is 3. The SMILES string of the molecule is CC1(c2ccc(Cl)cc2F)Oc2cccc(C3CCN(Cc4nc5cc(-c6nsc(C7CC7)n6)ccc5n4C[C@@H]4CCO4)CC3)c2O1. The van der Waals surface area contributed by atoms with E-state index >= 15 is 0 Å². The van der Waals surface area contributed by atoms with Crippen molar-refractivity contribution < 1.29 is 18.6 Å². The molecule has 4 aliphatic rings. The fourth-order valence-electron chi connectivity index (χ4n) is 7.16. The van der Waals surface area contributed by atoms with Crippen molar-refractivity contribution in [2.75, 3.05) is 19.7 Å². The molecule has 242 valence electrons. The smallest absolute Gasteiger partial charge is 0.278 e. The molecule has 3 aliphatic heterocycles. The van der Waals surface area contributed by atoms with Gasteiger partial charge in [-0.25, -0.2) is 14.4 Å². The van der Waals surface area contributed by atoms with Crippen molar-refractivity contribution in [3.63, 3.8) is 0 Å². The fraction of sp³-hybridized carbons (Fsp3) is 0.417. The Morgan fingerprint density at radius 2 is 1.83 bits per heavy atom. The Morgan fingerprint density at radius 1 is 0.979 bits per heavy atom. The zero-order valence-corrected chi connectivity index (χ0v) is 27.7. The van der Waals surface area contributed by atoms with E-state index in [4.69, 9.17) is 35.8 Å². The van der Waals surface area contributed by atoms with Gasteiger partial charge in [0.25, 0.3) is 5.79 Å². The van der Waals surface area contributed by atoms with Gasteiger partial charge in [0.05, 0.1) is 35.8 Å². The number of imidazole rings is 1. The number of piperidine rings is 1. The molecule has 1 aliphatic carbocycles. The van der Waals surface area contributed by atoms with Crippen LogP contribution in [0.4, 0.5) is 4.39 Å². The summed E-state index contributed by atoms with van der Waals surface area (Å²) in [6.45, 7) is 6.02. The van der Waals surface area contributed by atoms with Crippen LogP contribution in [-0.4, -0.2) is 49.6 Å². The predicted molar refractivity (Wildman–Crippen MR) is 179 cm³/mol. The van der Waals surface area contributed by atoms with Crippen LogP contribution in [0.15, 0.2) is 54.6 Å². The summed E-state index contributed by atoms with van der Waals surface area (Å²) >= 11 is 7.54. The van der Waals surface area contributed by atoms with Gasteiger partial charge in [-0.05, 0) is 105 Å². The van der Waals surface area contributed by atoms with E-state index in [0.29, 0.717) is 33.9 Å². The Hall–Kier alpha value is -3.57. The van der Waals surface area contributed by atoms with Crippen LogP contribution in [0.25, 0.3) is 22.4 Å². The Bertz CT molecular complexity index is 1980. The van der Waals surface area contributed by atoms with E-state index in [-0.39, 0.29) is 6.10 Å². The van der Waals surface area contributed by atoms with Crippen molar-refractivity contribution in [2.45, 2.75) is 75.8 Å². The number of hydrogen-bond donors (Lipinski definition) is 0. The van der Waals surface area contributed by atoms with Gasteiger partial charge in [0, 0.05) is 35.6 Å². The molecule has 0 amide bonds. The molecule has 3 aromatic carbocycles. The number of halogens is 2. The van der Waals surface area contributed by atoms with Crippen LogP contribution >= 0.6 is 23.1 Å². The minimum Gasteiger partial charge on any atom is -0.444 e. The number of hydrogen-bond acceptors (Lipinski definition) is 8. The number of aromatic nitrogens is 4. The highest BCUT2D eigenvalue weighted by atomic mass is 35.5. The lowest BCUT2D eigenvalue weighted by Gasteiger charge is -2.33. The molecule has 0 bridgehead atoms. The van der Waals surface area contributed by atoms with Crippen LogP contribution in [-0.2, 0) is 23.6 Å². The van der Waals surface area contributed by atoms with Gasteiger partial charge >= 0.3 is 0 Å². The lowest BCUT2D eigenvalue weighted by Crippen LogP contribution is -2.35. The van der Waals surface area contributed by atoms with Gasteiger partial charge in [0.1, 0.15) is 16.6 Å². The molecule has 5 heterocycles. The van der Waals surface area contributed by atoms with Crippen molar-refractivity contribution in [2.24, 2.45) is 0 Å². The third kappa shape index (κ3) is 5.49. The van der Waals surface area contributed by atoms with Gasteiger partial charge in [-0.1, -0.05) is 23.7 Å². The average Bonchev–Trinajstić information content (AvgIpc) is 3.50. The molecular formula is C36H35ClFN5O3S. The molecule has 2 atom stereocenters. The molecule has 8 nitrogen and oxygen atoms in total. The zero-order valence-electron chi connectivity index (χ0n) is 26.1. The first-order valence-electron chi connectivity index (χ1n) is 16.5. The van der Waals surface area contributed by atoms with Crippen LogP contribution in [0.2, 0.25) is 5.02 Å². The van der Waals surface area contributed by atoms with Crippen LogP contribution < -0.4 is 9.47 Å². The van der Waals surface area contributed by atoms with Crippen LogP contribution in [0.3, 0.4) is 0 Å². The molecule has 1 unspecified atom stereocenters. The number of likely N-dealkylation sites (tertiary alicyclic amines) is 1. The second kappa shape index (κ2) is 11.5. The van der Waals surface area contributed by atoms with E-state index in [1.54, 1.807) is 19.1 Å². The second-order valence-corrected chi connectivity index (χ2v) is 14.6. The molecule has 1 saturated carbocycles. The fourth-order valence-corrected chi connectivity index (χ4v) is 8.16. The summed E-state index contributed by atoms with van der Waals surface area (Å²) in [5, 5.41) is 1.49. The molecule has 0 radical (unpaired) electrons. The molecule has 5 aromatic rings. The van der Waals surface area contributed by atoms with Gasteiger partial charge in [0.15, 0.2) is 17.3 Å². The molecule has 0 N–H and O–H groups in total. The summed E-state index contributed by atoms with van der Waals surface area (Å²) in [4.78, 5) is 12.5. The minimum absolute atomic E-state index is 0.229. The van der Waals surface area contributed by atoms with E-state index in [1.165, 1.54) is 30.4 Å². The number of nitrogens with zero attached hydrogens (tertiary/aromatic N) is 5. The molecule has 11 heteroatoms. The lowest BCUT2D eigenvalue weighted by atomic mass is 9.88. The molecule has 2 saturated heterocycles. The van der Waals surface area contributed by atoms with Crippen molar-refractivity contribution in [1.82, 2.24) is 23.8 Å². The quantitative estimate of drug-likeness (QED) is 0.165. The predicted octanol–water partition coefficient (Wildman–Crippen LogP) is 8.04. The maximum Gasteiger partial charge on any atom is 0.278 e. The molecule has 2 aromatic heterocycles. The summed E-state index contributed by atoms with van der Waals surface area (Å²) in [5.41, 5.74) is 4.57.